The summed E-state index contributed by atoms with van der Waals surface area (Å²) in [6, 6.07) is 3.68. The number of aromatic nitrogens is 1. The van der Waals surface area contributed by atoms with E-state index in [9.17, 15) is 4.79 Å². The molecule has 1 unspecified atom stereocenters. The van der Waals surface area contributed by atoms with Crippen molar-refractivity contribution in [1.29, 1.82) is 0 Å². The molecule has 0 saturated carbocycles. The average molecular weight is 282 g/mol. The number of likely N-dealkylation sites (N-methyl/N-ethyl adjacent to an activating group) is 1. The molecule has 1 aromatic heterocycles. The summed E-state index contributed by atoms with van der Waals surface area (Å²) in [5.74, 6) is 0.189. The first-order chi connectivity index (χ1) is 8.95. The van der Waals surface area contributed by atoms with Gasteiger partial charge in [-0.3, -0.25) is 4.79 Å². The molecule has 1 N–H and O–H groups in total. The molecule has 0 aromatic carbocycles. The van der Waals surface area contributed by atoms with Gasteiger partial charge in [0.1, 0.15) is 5.15 Å². The summed E-state index contributed by atoms with van der Waals surface area (Å²) in [6.45, 7) is 6.00. The van der Waals surface area contributed by atoms with Gasteiger partial charge in [-0.25, -0.2) is 4.98 Å². The number of pyridine rings is 1. The highest BCUT2D eigenvalue weighted by molar-refractivity contribution is 6.29. The predicted octanol–water partition coefficient (Wildman–Crippen LogP) is 2.29. The average Bonchev–Trinajstić information content (AvgIpc) is 2.73. The molecule has 4 nitrogen and oxygen atoms in total. The Morgan fingerprint density at radius 2 is 2.26 bits per heavy atom. The predicted molar refractivity (Wildman–Crippen MR) is 76.7 cm³/mol. The van der Waals surface area contributed by atoms with Crippen LogP contribution in [0, 0.1) is 0 Å². The van der Waals surface area contributed by atoms with Crippen molar-refractivity contribution in [3.05, 3.63) is 28.5 Å². The lowest BCUT2D eigenvalue weighted by atomic mass is 10.1. The topological polar surface area (TPSA) is 45.2 Å². The zero-order valence-corrected chi connectivity index (χ0v) is 12.4. The smallest absolute Gasteiger partial charge is 0.251 e. The normalized spacial score (nSPS) is 19.9. The number of hydrogen-bond donors (Lipinski definition) is 1. The lowest BCUT2D eigenvalue weighted by molar-refractivity contribution is 0.0938. The van der Waals surface area contributed by atoms with E-state index >= 15 is 0 Å². The highest BCUT2D eigenvalue weighted by Crippen LogP contribution is 2.18. The number of carbonyl (C=O) groups excluding carboxylic acids is 1. The van der Waals surface area contributed by atoms with Gasteiger partial charge in [0.25, 0.3) is 5.91 Å². The molecule has 5 heteroatoms. The molecule has 1 fully saturated rings. The molecule has 1 aliphatic rings. The highest BCUT2D eigenvalue weighted by atomic mass is 35.5. The van der Waals surface area contributed by atoms with Gasteiger partial charge in [0.2, 0.25) is 0 Å². The summed E-state index contributed by atoms with van der Waals surface area (Å²) in [5.41, 5.74) is 1.44. The first kappa shape index (κ1) is 14.3. The van der Waals surface area contributed by atoms with Crippen LogP contribution in [0.4, 0.5) is 0 Å². The second-order valence-corrected chi connectivity index (χ2v) is 5.87. The van der Waals surface area contributed by atoms with Crippen molar-refractivity contribution < 1.29 is 4.79 Å². The van der Waals surface area contributed by atoms with Crippen molar-refractivity contribution in [2.75, 3.05) is 20.1 Å². The van der Waals surface area contributed by atoms with Gasteiger partial charge in [0.15, 0.2) is 0 Å². The van der Waals surface area contributed by atoms with E-state index in [-0.39, 0.29) is 17.9 Å². The van der Waals surface area contributed by atoms with E-state index in [0.29, 0.717) is 10.7 Å². The van der Waals surface area contributed by atoms with E-state index in [2.05, 4.69) is 22.2 Å². The van der Waals surface area contributed by atoms with Crippen molar-refractivity contribution in [3.63, 3.8) is 0 Å². The minimum atomic E-state index is -0.0634. The van der Waals surface area contributed by atoms with Crippen LogP contribution in [-0.4, -0.2) is 42.0 Å². The Morgan fingerprint density at radius 1 is 1.53 bits per heavy atom. The van der Waals surface area contributed by atoms with Gasteiger partial charge in [-0.15, -0.1) is 0 Å². The van der Waals surface area contributed by atoms with E-state index in [4.69, 9.17) is 11.6 Å². The number of likely N-dealkylation sites (tertiary alicyclic amines) is 1. The van der Waals surface area contributed by atoms with Crippen LogP contribution in [0.3, 0.4) is 0 Å². The molecule has 1 amide bonds. The lowest BCUT2D eigenvalue weighted by Crippen LogP contribution is -2.36. The van der Waals surface area contributed by atoms with Gasteiger partial charge in [-0.05, 0) is 38.1 Å². The maximum Gasteiger partial charge on any atom is 0.251 e. The number of amides is 1. The van der Waals surface area contributed by atoms with E-state index in [0.717, 1.165) is 25.2 Å². The van der Waals surface area contributed by atoms with Crippen molar-refractivity contribution in [1.82, 2.24) is 15.2 Å². The second-order valence-electron chi connectivity index (χ2n) is 5.48. The monoisotopic (exact) mass is 281 g/mol. The third kappa shape index (κ3) is 3.67. The Hall–Kier alpha value is -1.13. The number of hydrogen-bond acceptors (Lipinski definition) is 3. The zero-order chi connectivity index (χ0) is 14.0. The summed E-state index contributed by atoms with van der Waals surface area (Å²) in [5, 5.41) is 3.43. The first-order valence-corrected chi connectivity index (χ1v) is 7.00. The van der Waals surface area contributed by atoms with Crippen LogP contribution in [0.1, 0.15) is 42.2 Å². The molecule has 1 saturated heterocycles. The van der Waals surface area contributed by atoms with Crippen LogP contribution < -0.4 is 5.32 Å². The molecule has 104 valence electrons. The highest BCUT2D eigenvalue weighted by Gasteiger charge is 2.22. The van der Waals surface area contributed by atoms with E-state index in [1.165, 1.54) is 0 Å². The molecular formula is C14H20ClN3O. The Kier molecular flexibility index (Phi) is 4.42. The van der Waals surface area contributed by atoms with Crippen LogP contribution in [0.5, 0.6) is 0 Å². The fraction of sp³-hybridized carbons (Fsp3) is 0.571. The van der Waals surface area contributed by atoms with Gasteiger partial charge in [-0.1, -0.05) is 25.4 Å². The number of rotatable bonds is 3. The standard InChI is InChI=1S/C14H20ClN3O/c1-9(2)12-6-10(7-13(15)17-12)14(19)16-11-4-5-18(3)8-11/h6-7,9,11H,4-5,8H2,1-3H3,(H,16,19). The van der Waals surface area contributed by atoms with Gasteiger partial charge in [-0.2, -0.15) is 0 Å². The molecule has 1 aliphatic heterocycles. The minimum absolute atomic E-state index is 0.0634. The summed E-state index contributed by atoms with van der Waals surface area (Å²) in [4.78, 5) is 18.7. The van der Waals surface area contributed by atoms with Gasteiger partial charge in [0, 0.05) is 23.8 Å². The fourth-order valence-electron chi connectivity index (χ4n) is 2.27. The molecule has 0 bridgehead atoms. The van der Waals surface area contributed by atoms with Crippen molar-refractivity contribution >= 4 is 17.5 Å². The van der Waals surface area contributed by atoms with Crippen LogP contribution in [-0.2, 0) is 0 Å². The maximum absolute atomic E-state index is 12.2. The fourth-order valence-corrected chi connectivity index (χ4v) is 2.48. The molecule has 0 aliphatic carbocycles. The van der Waals surface area contributed by atoms with E-state index in [1.807, 2.05) is 19.9 Å². The SMILES string of the molecule is CC(C)c1cc(C(=O)NC2CCN(C)C2)cc(Cl)n1. The third-order valence-electron chi connectivity index (χ3n) is 3.39. The molecule has 0 spiro atoms. The Bertz CT molecular complexity index is 476. The molecule has 1 atom stereocenters. The Balaban J connectivity index is 2.10. The van der Waals surface area contributed by atoms with Crippen molar-refractivity contribution in [2.45, 2.75) is 32.2 Å². The van der Waals surface area contributed by atoms with Crippen molar-refractivity contribution in [3.8, 4) is 0 Å². The summed E-state index contributed by atoms with van der Waals surface area (Å²) in [7, 11) is 2.06. The van der Waals surface area contributed by atoms with E-state index in [1.54, 1.807) is 6.07 Å². The molecule has 2 rings (SSSR count). The molecule has 19 heavy (non-hydrogen) atoms. The zero-order valence-electron chi connectivity index (χ0n) is 11.6. The number of nitrogens with one attached hydrogen (secondary N) is 1. The van der Waals surface area contributed by atoms with Gasteiger partial charge in [0.05, 0.1) is 0 Å². The maximum atomic E-state index is 12.2. The minimum Gasteiger partial charge on any atom is -0.348 e. The lowest BCUT2D eigenvalue weighted by Gasteiger charge is -2.14. The van der Waals surface area contributed by atoms with Crippen LogP contribution in [0.2, 0.25) is 5.15 Å². The second kappa shape index (κ2) is 5.88. The molecule has 1 aromatic rings. The van der Waals surface area contributed by atoms with E-state index < -0.39 is 0 Å². The van der Waals surface area contributed by atoms with Crippen LogP contribution in [0.15, 0.2) is 12.1 Å². The van der Waals surface area contributed by atoms with Gasteiger partial charge >= 0.3 is 0 Å². The quantitative estimate of drug-likeness (QED) is 0.865. The molecular weight excluding hydrogens is 262 g/mol. The van der Waals surface area contributed by atoms with Crippen LogP contribution >= 0.6 is 11.6 Å². The summed E-state index contributed by atoms with van der Waals surface area (Å²) in [6.07, 6.45) is 0.998. The third-order valence-corrected chi connectivity index (χ3v) is 3.59. The van der Waals surface area contributed by atoms with Crippen LogP contribution in [0.25, 0.3) is 0 Å². The summed E-state index contributed by atoms with van der Waals surface area (Å²) >= 11 is 5.98. The summed E-state index contributed by atoms with van der Waals surface area (Å²) < 4.78 is 0. The van der Waals surface area contributed by atoms with Crippen molar-refractivity contribution in [2.24, 2.45) is 0 Å². The Labute approximate surface area is 119 Å². The Morgan fingerprint density at radius 3 is 2.84 bits per heavy atom. The number of carbonyl (C=O) groups is 1. The molecule has 0 radical (unpaired) electrons. The first-order valence-electron chi connectivity index (χ1n) is 6.62. The molecule has 2 heterocycles. The largest absolute Gasteiger partial charge is 0.348 e. The van der Waals surface area contributed by atoms with Gasteiger partial charge < -0.3 is 10.2 Å². The number of halogens is 1. The number of nitrogens with zero attached hydrogens (tertiary/aromatic N) is 2.